The summed E-state index contributed by atoms with van der Waals surface area (Å²) in [5, 5.41) is 0. The zero-order valence-electron chi connectivity index (χ0n) is 34.3. The van der Waals surface area contributed by atoms with E-state index in [1.54, 1.807) is 0 Å². The standard InChI is InChI=1S/C48H56O12/c1-3-17-55-43(49)33-59-47-39-13-7-14-40(47)30-36-10-6-12-38-32-42-16-8-15-41(48(42)60-34-44(50)56-18-4-2)31-37-11-5-9-35(29-39)45(37)57-27-25-53-23-21-51-19-20-52-22-24-54-26-28-58-46(36)38/h1-2,5,7-9,11,13-16,36,38,46H,6,10,12,17-34H2/t36-,38?,46?/m0/s1. The van der Waals surface area contributed by atoms with Gasteiger partial charge in [-0.05, 0) is 70.9 Å². The lowest BCUT2D eigenvalue weighted by molar-refractivity contribution is -0.145. The Morgan fingerprint density at radius 2 is 0.983 bits per heavy atom. The molecule has 10 bridgehead atoms. The largest absolute Gasteiger partial charge is 0.491 e. The maximum atomic E-state index is 12.8. The van der Waals surface area contributed by atoms with Crippen molar-refractivity contribution in [1.82, 2.24) is 0 Å². The molecule has 12 nitrogen and oxygen atoms in total. The first-order chi connectivity index (χ1) is 29.5. The molecule has 12 heteroatoms. The van der Waals surface area contributed by atoms with E-state index in [1.807, 2.05) is 42.5 Å². The summed E-state index contributed by atoms with van der Waals surface area (Å²) in [4.78, 5) is 25.5. The van der Waals surface area contributed by atoms with Crippen LogP contribution in [0.15, 0.2) is 54.6 Å². The molecule has 2 aliphatic carbocycles. The molecule has 6 rings (SSSR count). The van der Waals surface area contributed by atoms with Crippen molar-refractivity contribution in [3.63, 3.8) is 0 Å². The zero-order chi connectivity index (χ0) is 41.8. The molecule has 1 aliphatic heterocycles. The monoisotopic (exact) mass is 824 g/mol. The van der Waals surface area contributed by atoms with E-state index in [1.165, 1.54) is 0 Å². The molecular formula is C48H56O12. The first kappa shape index (κ1) is 44.5. The maximum Gasteiger partial charge on any atom is 0.345 e. The summed E-state index contributed by atoms with van der Waals surface area (Å²) >= 11 is 0. The smallest absolute Gasteiger partial charge is 0.345 e. The van der Waals surface area contributed by atoms with E-state index in [0.717, 1.165) is 52.6 Å². The van der Waals surface area contributed by atoms with Gasteiger partial charge in [-0.1, -0.05) is 72.9 Å². The third-order valence-electron chi connectivity index (χ3n) is 10.8. The first-order valence-electron chi connectivity index (χ1n) is 20.9. The molecule has 3 aliphatic rings. The number of carbonyl (C=O) groups is 2. The van der Waals surface area contributed by atoms with Crippen molar-refractivity contribution >= 4 is 11.9 Å². The third kappa shape index (κ3) is 13.2. The lowest BCUT2D eigenvalue weighted by Crippen LogP contribution is -2.39. The van der Waals surface area contributed by atoms with E-state index >= 15 is 0 Å². The summed E-state index contributed by atoms with van der Waals surface area (Å²) < 4.78 is 59.9. The normalized spacial score (nSPS) is 20.5. The highest BCUT2D eigenvalue weighted by molar-refractivity contribution is 5.72. The predicted octanol–water partition coefficient (Wildman–Crippen LogP) is 5.34. The zero-order valence-corrected chi connectivity index (χ0v) is 34.3. The molecule has 2 unspecified atom stereocenters. The van der Waals surface area contributed by atoms with Crippen molar-refractivity contribution in [2.75, 3.05) is 92.5 Å². The molecule has 0 amide bonds. The van der Waals surface area contributed by atoms with Crippen LogP contribution >= 0.6 is 0 Å². The fourth-order valence-electron chi connectivity index (χ4n) is 8.19. The molecule has 3 atom stereocenters. The summed E-state index contributed by atoms with van der Waals surface area (Å²) in [6.07, 6.45) is 15.6. The summed E-state index contributed by atoms with van der Waals surface area (Å²) in [5.74, 6) is 5.78. The van der Waals surface area contributed by atoms with Crippen LogP contribution < -0.4 is 14.2 Å². The van der Waals surface area contributed by atoms with Gasteiger partial charge in [0.25, 0.3) is 0 Å². The second-order valence-electron chi connectivity index (χ2n) is 14.9. The van der Waals surface area contributed by atoms with Crippen LogP contribution in [0.1, 0.15) is 52.6 Å². The molecule has 3 aromatic carbocycles. The summed E-state index contributed by atoms with van der Waals surface area (Å²) in [5.41, 5.74) is 5.55. The highest BCUT2D eigenvalue weighted by Gasteiger charge is 2.36. The fourth-order valence-corrected chi connectivity index (χ4v) is 8.19. The van der Waals surface area contributed by atoms with Crippen LogP contribution in [0, 0.1) is 36.5 Å². The molecular weight excluding hydrogens is 769 g/mol. The molecule has 0 radical (unpaired) electrons. The van der Waals surface area contributed by atoms with Gasteiger partial charge in [0.15, 0.2) is 26.4 Å². The van der Waals surface area contributed by atoms with E-state index in [4.69, 9.17) is 60.2 Å². The molecule has 0 aromatic heterocycles. The number of terminal acetylenes is 2. The van der Waals surface area contributed by atoms with Gasteiger partial charge in [-0.3, -0.25) is 0 Å². The topological polar surface area (TPSA) is 126 Å². The van der Waals surface area contributed by atoms with Gasteiger partial charge in [0, 0.05) is 12.8 Å². The second kappa shape index (κ2) is 24.2. The summed E-state index contributed by atoms with van der Waals surface area (Å²) in [7, 11) is 0. The van der Waals surface area contributed by atoms with Crippen LogP contribution in [0.25, 0.3) is 0 Å². The Hall–Kier alpha value is -5.08. The van der Waals surface area contributed by atoms with Crippen LogP contribution in [0.5, 0.6) is 17.2 Å². The minimum atomic E-state index is -0.546. The number of hydrogen-bond acceptors (Lipinski definition) is 12. The Bertz CT molecular complexity index is 1810. The summed E-state index contributed by atoms with van der Waals surface area (Å²) in [6.45, 7) is 3.19. The van der Waals surface area contributed by atoms with Gasteiger partial charge in [0.05, 0.1) is 65.6 Å². The number of ether oxygens (including phenoxy) is 10. The molecule has 0 saturated heterocycles. The van der Waals surface area contributed by atoms with E-state index in [0.29, 0.717) is 102 Å². The SMILES string of the molecule is C#CCOC(=O)COc1c2cccc1CC1CCC[C@H]3Cc4cccc(c4OCC(=O)OCC#C)Cc4cccc(c4OCCOCCOCCOCCOCCOC13)C2. The van der Waals surface area contributed by atoms with Gasteiger partial charge >= 0.3 is 11.9 Å². The molecule has 3 aromatic rings. The van der Waals surface area contributed by atoms with Crippen molar-refractivity contribution in [2.24, 2.45) is 11.8 Å². The number of benzene rings is 3. The van der Waals surface area contributed by atoms with Gasteiger partial charge in [-0.25, -0.2) is 9.59 Å². The van der Waals surface area contributed by atoms with Crippen LogP contribution in [-0.4, -0.2) is 111 Å². The Balaban J connectivity index is 1.45. The number of esters is 2. The lowest BCUT2D eigenvalue weighted by Gasteiger charge is -2.39. The average molecular weight is 825 g/mol. The highest BCUT2D eigenvalue weighted by atomic mass is 16.6. The van der Waals surface area contributed by atoms with Crippen LogP contribution in [0.4, 0.5) is 0 Å². The van der Waals surface area contributed by atoms with E-state index in [2.05, 4.69) is 24.0 Å². The second-order valence-corrected chi connectivity index (χ2v) is 14.9. The summed E-state index contributed by atoms with van der Waals surface area (Å²) in [6, 6.07) is 18.3. The number of rotatable bonds is 8. The first-order valence-corrected chi connectivity index (χ1v) is 20.9. The Morgan fingerprint density at radius 1 is 0.567 bits per heavy atom. The van der Waals surface area contributed by atoms with E-state index in [-0.39, 0.29) is 51.0 Å². The predicted molar refractivity (Wildman–Crippen MR) is 222 cm³/mol. The van der Waals surface area contributed by atoms with Crippen molar-refractivity contribution in [3.05, 3.63) is 88.0 Å². The molecule has 1 saturated carbocycles. The number of carbonyl (C=O) groups excluding carboxylic acids is 2. The van der Waals surface area contributed by atoms with Crippen LogP contribution in [-0.2, 0) is 68.4 Å². The Labute approximate surface area is 353 Å². The van der Waals surface area contributed by atoms with Crippen molar-refractivity contribution < 1.29 is 57.0 Å². The minimum Gasteiger partial charge on any atom is -0.491 e. The van der Waals surface area contributed by atoms with Crippen molar-refractivity contribution in [2.45, 2.75) is 51.0 Å². The number of para-hydroxylation sites is 3. The third-order valence-corrected chi connectivity index (χ3v) is 10.8. The van der Waals surface area contributed by atoms with Crippen molar-refractivity contribution in [3.8, 4) is 41.9 Å². The molecule has 1 heterocycles. The highest BCUT2D eigenvalue weighted by Crippen LogP contribution is 2.42. The fraction of sp³-hybridized carbons (Fsp3) is 0.500. The van der Waals surface area contributed by atoms with Gasteiger partial charge in [0.1, 0.15) is 23.9 Å². The van der Waals surface area contributed by atoms with Gasteiger partial charge in [0.2, 0.25) is 0 Å². The molecule has 0 spiro atoms. The Kier molecular flexibility index (Phi) is 18.0. The lowest BCUT2D eigenvalue weighted by atomic mass is 9.73. The van der Waals surface area contributed by atoms with Crippen LogP contribution in [0.2, 0.25) is 0 Å². The Morgan fingerprint density at radius 3 is 1.45 bits per heavy atom. The number of fused-ring (bicyclic) bond motifs is 2. The van der Waals surface area contributed by atoms with E-state index < -0.39 is 11.9 Å². The van der Waals surface area contributed by atoms with Crippen molar-refractivity contribution in [1.29, 1.82) is 0 Å². The number of hydrogen-bond donors (Lipinski definition) is 0. The molecule has 1 fully saturated rings. The molecule has 320 valence electrons. The van der Waals surface area contributed by atoms with Gasteiger partial charge in [-0.15, -0.1) is 12.8 Å². The maximum absolute atomic E-state index is 12.8. The average Bonchev–Trinajstić information content (AvgIpc) is 3.25. The quantitative estimate of drug-likeness (QED) is 0.215. The molecule has 60 heavy (non-hydrogen) atoms. The van der Waals surface area contributed by atoms with Gasteiger partial charge < -0.3 is 47.4 Å². The molecule has 0 N–H and O–H groups in total. The minimum absolute atomic E-state index is 0.106. The van der Waals surface area contributed by atoms with E-state index in [9.17, 15) is 9.59 Å². The van der Waals surface area contributed by atoms with Gasteiger partial charge in [-0.2, -0.15) is 0 Å². The van der Waals surface area contributed by atoms with Crippen LogP contribution in [0.3, 0.4) is 0 Å².